The zero-order valence-corrected chi connectivity index (χ0v) is 9.25. The predicted octanol–water partition coefficient (Wildman–Crippen LogP) is -0.0193. The summed E-state index contributed by atoms with van der Waals surface area (Å²) in [7, 11) is 0. The number of hydrogen-bond donors (Lipinski definition) is 3. The maximum absolute atomic E-state index is 10.7. The van der Waals surface area contributed by atoms with Gasteiger partial charge in [-0.15, -0.1) is 0 Å². The van der Waals surface area contributed by atoms with Gasteiger partial charge in [0.1, 0.15) is 0 Å². The molecule has 0 saturated carbocycles. The Morgan fingerprint density at radius 2 is 2.07 bits per heavy atom. The van der Waals surface area contributed by atoms with E-state index in [9.17, 15) is 9.90 Å². The van der Waals surface area contributed by atoms with Crippen LogP contribution in [0.15, 0.2) is 0 Å². The maximum atomic E-state index is 10.7. The second-order valence-corrected chi connectivity index (χ2v) is 4.61. The quantitative estimate of drug-likeness (QED) is 0.617. The Hall–Kier alpha value is -0.650. The number of carbonyl (C=O) groups is 1. The van der Waals surface area contributed by atoms with Gasteiger partial charge in [0.05, 0.1) is 0 Å². The van der Waals surface area contributed by atoms with E-state index < -0.39 is 11.6 Å². The fourth-order valence-corrected chi connectivity index (χ4v) is 1.46. The Balaban J connectivity index is 2.44. The molecule has 0 radical (unpaired) electrons. The summed E-state index contributed by atoms with van der Waals surface area (Å²) in [5, 5.41) is 21.4. The molecule has 1 atom stereocenters. The molecular weight excluding hydrogens is 198 g/mol. The molecule has 0 aromatic rings. The van der Waals surface area contributed by atoms with Gasteiger partial charge in [0.2, 0.25) is 0 Å². The van der Waals surface area contributed by atoms with E-state index in [1.54, 1.807) is 0 Å². The molecule has 0 aromatic carbocycles. The third-order valence-corrected chi connectivity index (χ3v) is 2.92. The standard InChI is InChI=1S/C10H19NO4/c1-9(3-5-15-6-4-9)11-7-10(2,14)8(12)13/h11,14H,3-7H2,1-2H3,(H,12,13). The Bertz CT molecular complexity index is 234. The molecule has 15 heavy (non-hydrogen) atoms. The molecular formula is C10H19NO4. The number of carboxylic acid groups (broad SMARTS) is 1. The maximum Gasteiger partial charge on any atom is 0.336 e. The van der Waals surface area contributed by atoms with Gasteiger partial charge in [0.25, 0.3) is 0 Å². The highest BCUT2D eigenvalue weighted by Gasteiger charge is 2.34. The van der Waals surface area contributed by atoms with Crippen molar-refractivity contribution in [3.8, 4) is 0 Å². The van der Waals surface area contributed by atoms with Crippen LogP contribution < -0.4 is 5.32 Å². The molecule has 1 aliphatic rings. The average Bonchev–Trinajstić information content (AvgIpc) is 2.16. The summed E-state index contributed by atoms with van der Waals surface area (Å²) in [6.07, 6.45) is 1.67. The average molecular weight is 217 g/mol. The number of nitrogens with one attached hydrogen (secondary N) is 1. The van der Waals surface area contributed by atoms with Crippen LogP contribution in [0.25, 0.3) is 0 Å². The fraction of sp³-hybridized carbons (Fsp3) is 0.900. The number of hydrogen-bond acceptors (Lipinski definition) is 4. The first-order valence-corrected chi connectivity index (χ1v) is 5.14. The molecule has 1 unspecified atom stereocenters. The van der Waals surface area contributed by atoms with Gasteiger partial charge in [-0.1, -0.05) is 0 Å². The van der Waals surface area contributed by atoms with Crippen LogP contribution in [-0.2, 0) is 9.53 Å². The normalized spacial score (nSPS) is 24.5. The van der Waals surface area contributed by atoms with E-state index in [0.29, 0.717) is 13.2 Å². The van der Waals surface area contributed by atoms with Crippen LogP contribution in [-0.4, -0.2) is 47.1 Å². The molecule has 88 valence electrons. The molecule has 5 nitrogen and oxygen atoms in total. The highest BCUT2D eigenvalue weighted by Crippen LogP contribution is 2.20. The number of ether oxygens (including phenoxy) is 1. The van der Waals surface area contributed by atoms with Gasteiger partial charge >= 0.3 is 5.97 Å². The lowest BCUT2D eigenvalue weighted by Gasteiger charge is -2.36. The molecule has 5 heteroatoms. The van der Waals surface area contributed by atoms with Gasteiger partial charge in [-0.25, -0.2) is 4.79 Å². The van der Waals surface area contributed by atoms with Gasteiger partial charge in [-0.05, 0) is 26.7 Å². The smallest absolute Gasteiger partial charge is 0.336 e. The molecule has 0 amide bonds. The monoisotopic (exact) mass is 217 g/mol. The highest BCUT2D eigenvalue weighted by molar-refractivity contribution is 5.76. The number of aliphatic carboxylic acids is 1. The summed E-state index contributed by atoms with van der Waals surface area (Å²) in [6.45, 7) is 4.73. The van der Waals surface area contributed by atoms with Crippen LogP contribution in [0.1, 0.15) is 26.7 Å². The largest absolute Gasteiger partial charge is 0.479 e. The molecule has 1 aliphatic heterocycles. The number of carboxylic acids is 1. The minimum atomic E-state index is -1.71. The van der Waals surface area contributed by atoms with E-state index in [1.165, 1.54) is 6.92 Å². The van der Waals surface area contributed by atoms with E-state index in [0.717, 1.165) is 12.8 Å². The second-order valence-electron chi connectivity index (χ2n) is 4.61. The van der Waals surface area contributed by atoms with E-state index in [1.807, 2.05) is 6.92 Å². The van der Waals surface area contributed by atoms with Crippen LogP contribution >= 0.6 is 0 Å². The number of β-amino-alcohol motifs (C(OH)–C–C–N with tert-alkyl or cyclic N) is 1. The van der Waals surface area contributed by atoms with Crippen molar-refractivity contribution in [1.82, 2.24) is 5.32 Å². The SMILES string of the molecule is CC1(NCC(C)(O)C(=O)O)CCOCC1. The van der Waals surface area contributed by atoms with Gasteiger partial charge < -0.3 is 20.3 Å². The lowest BCUT2D eigenvalue weighted by atomic mass is 9.91. The summed E-state index contributed by atoms with van der Waals surface area (Å²) in [4.78, 5) is 10.7. The minimum absolute atomic E-state index is 0.0544. The zero-order chi connectivity index (χ0) is 11.5. The first-order chi connectivity index (χ1) is 6.86. The molecule has 0 aliphatic carbocycles. The molecule has 1 heterocycles. The molecule has 1 rings (SSSR count). The van der Waals surface area contributed by atoms with Crippen LogP contribution in [0.2, 0.25) is 0 Å². The molecule has 0 bridgehead atoms. The lowest BCUT2D eigenvalue weighted by molar-refractivity contribution is -0.156. The first kappa shape index (κ1) is 12.4. The van der Waals surface area contributed by atoms with E-state index in [2.05, 4.69) is 5.32 Å². The Kier molecular flexibility index (Phi) is 3.70. The molecule has 1 fully saturated rings. The Morgan fingerprint density at radius 1 is 1.53 bits per heavy atom. The van der Waals surface area contributed by atoms with Crippen molar-refractivity contribution in [2.75, 3.05) is 19.8 Å². The van der Waals surface area contributed by atoms with Crippen molar-refractivity contribution in [3.05, 3.63) is 0 Å². The van der Waals surface area contributed by atoms with Crippen LogP contribution in [0.5, 0.6) is 0 Å². The number of aliphatic hydroxyl groups is 1. The van der Waals surface area contributed by atoms with E-state index in [-0.39, 0.29) is 12.1 Å². The van der Waals surface area contributed by atoms with Gasteiger partial charge in [-0.2, -0.15) is 0 Å². The van der Waals surface area contributed by atoms with Crippen LogP contribution in [0.4, 0.5) is 0 Å². The summed E-state index contributed by atoms with van der Waals surface area (Å²) >= 11 is 0. The lowest BCUT2D eigenvalue weighted by Crippen LogP contribution is -2.54. The second kappa shape index (κ2) is 4.47. The van der Waals surface area contributed by atoms with Gasteiger partial charge in [0.15, 0.2) is 5.60 Å². The van der Waals surface area contributed by atoms with Crippen molar-refractivity contribution in [3.63, 3.8) is 0 Å². The van der Waals surface area contributed by atoms with Gasteiger partial charge in [0, 0.05) is 25.3 Å². The summed E-state index contributed by atoms with van der Waals surface area (Å²) in [6, 6.07) is 0. The molecule has 0 aromatic heterocycles. The summed E-state index contributed by atoms with van der Waals surface area (Å²) < 4.78 is 5.23. The van der Waals surface area contributed by atoms with E-state index in [4.69, 9.17) is 9.84 Å². The van der Waals surface area contributed by atoms with Gasteiger partial charge in [-0.3, -0.25) is 0 Å². The van der Waals surface area contributed by atoms with Crippen LogP contribution in [0, 0.1) is 0 Å². The minimum Gasteiger partial charge on any atom is -0.479 e. The number of rotatable bonds is 4. The third-order valence-electron chi connectivity index (χ3n) is 2.92. The van der Waals surface area contributed by atoms with Crippen molar-refractivity contribution in [2.24, 2.45) is 0 Å². The van der Waals surface area contributed by atoms with Crippen LogP contribution in [0.3, 0.4) is 0 Å². The van der Waals surface area contributed by atoms with Crippen molar-refractivity contribution < 1.29 is 19.7 Å². The topological polar surface area (TPSA) is 78.8 Å². The predicted molar refractivity (Wildman–Crippen MR) is 54.7 cm³/mol. The van der Waals surface area contributed by atoms with Crippen molar-refractivity contribution in [1.29, 1.82) is 0 Å². The summed E-state index contributed by atoms with van der Waals surface area (Å²) in [5.74, 6) is -1.20. The molecule has 0 spiro atoms. The van der Waals surface area contributed by atoms with Crippen molar-refractivity contribution >= 4 is 5.97 Å². The first-order valence-electron chi connectivity index (χ1n) is 5.14. The van der Waals surface area contributed by atoms with Crippen molar-refractivity contribution in [2.45, 2.75) is 37.8 Å². The van der Waals surface area contributed by atoms with E-state index >= 15 is 0 Å². The fourth-order valence-electron chi connectivity index (χ4n) is 1.46. The molecule has 3 N–H and O–H groups in total. The zero-order valence-electron chi connectivity index (χ0n) is 9.25. The Labute approximate surface area is 89.4 Å². The highest BCUT2D eigenvalue weighted by atomic mass is 16.5. The Morgan fingerprint density at radius 3 is 2.53 bits per heavy atom. The third kappa shape index (κ3) is 3.44. The summed E-state index contributed by atoms with van der Waals surface area (Å²) in [5.41, 5.74) is -1.83. The molecule has 1 saturated heterocycles.